The maximum absolute atomic E-state index is 6.36. The Morgan fingerprint density at radius 3 is 2.67 bits per heavy atom. The van der Waals surface area contributed by atoms with Crippen molar-refractivity contribution in [3.63, 3.8) is 0 Å². The van der Waals surface area contributed by atoms with Crippen molar-refractivity contribution >= 4 is 23.2 Å². The second-order valence-electron chi connectivity index (χ2n) is 5.27. The van der Waals surface area contributed by atoms with Gasteiger partial charge in [-0.1, -0.05) is 56.0 Å². The number of nitrogens with one attached hydrogen (secondary N) is 1. The van der Waals surface area contributed by atoms with Crippen LogP contribution in [0.3, 0.4) is 0 Å². The van der Waals surface area contributed by atoms with Gasteiger partial charge in [-0.15, -0.1) is 0 Å². The van der Waals surface area contributed by atoms with Gasteiger partial charge in [0.1, 0.15) is 0 Å². The van der Waals surface area contributed by atoms with E-state index in [1.807, 2.05) is 12.1 Å². The first-order valence-corrected chi connectivity index (χ1v) is 7.57. The van der Waals surface area contributed by atoms with Crippen LogP contribution < -0.4 is 5.32 Å². The van der Waals surface area contributed by atoms with Crippen molar-refractivity contribution in [2.75, 3.05) is 6.54 Å². The zero-order chi connectivity index (χ0) is 13.1. The van der Waals surface area contributed by atoms with Gasteiger partial charge in [-0.2, -0.15) is 0 Å². The molecule has 3 atom stereocenters. The fourth-order valence-electron chi connectivity index (χ4n) is 3.13. The third-order valence-corrected chi connectivity index (χ3v) is 4.64. The van der Waals surface area contributed by atoms with E-state index in [2.05, 4.69) is 25.2 Å². The van der Waals surface area contributed by atoms with E-state index >= 15 is 0 Å². The van der Waals surface area contributed by atoms with Crippen LogP contribution in [0.15, 0.2) is 18.2 Å². The van der Waals surface area contributed by atoms with Crippen LogP contribution in [-0.2, 0) is 0 Å². The second-order valence-corrected chi connectivity index (χ2v) is 6.12. The van der Waals surface area contributed by atoms with Crippen LogP contribution in [0.5, 0.6) is 0 Å². The smallest absolute Gasteiger partial charge is 0.0468 e. The second kappa shape index (κ2) is 6.27. The van der Waals surface area contributed by atoms with Crippen molar-refractivity contribution in [1.82, 2.24) is 5.32 Å². The zero-order valence-corrected chi connectivity index (χ0v) is 12.6. The molecule has 0 saturated heterocycles. The molecule has 1 saturated carbocycles. The number of benzene rings is 1. The molecule has 1 aliphatic rings. The molecule has 1 N–H and O–H groups in total. The van der Waals surface area contributed by atoms with Crippen molar-refractivity contribution < 1.29 is 0 Å². The SMILES string of the molecule is CCNC(c1ccc(Cl)cc1Cl)C1CCCC1C. The highest BCUT2D eigenvalue weighted by Gasteiger charge is 2.32. The van der Waals surface area contributed by atoms with Crippen LogP contribution in [0, 0.1) is 11.8 Å². The van der Waals surface area contributed by atoms with Gasteiger partial charge in [0.25, 0.3) is 0 Å². The molecule has 1 nitrogen and oxygen atoms in total. The summed E-state index contributed by atoms with van der Waals surface area (Å²) < 4.78 is 0. The third kappa shape index (κ3) is 3.01. The van der Waals surface area contributed by atoms with Gasteiger partial charge >= 0.3 is 0 Å². The Balaban J connectivity index is 2.28. The van der Waals surface area contributed by atoms with Gasteiger partial charge in [0.2, 0.25) is 0 Å². The highest BCUT2D eigenvalue weighted by molar-refractivity contribution is 6.35. The topological polar surface area (TPSA) is 12.0 Å². The molecule has 0 radical (unpaired) electrons. The number of halogens is 2. The minimum atomic E-state index is 0.359. The quantitative estimate of drug-likeness (QED) is 0.813. The Morgan fingerprint density at radius 2 is 2.11 bits per heavy atom. The van der Waals surface area contributed by atoms with Crippen molar-refractivity contribution in [3.8, 4) is 0 Å². The standard InChI is InChI=1S/C15H21Cl2N/c1-3-18-15(12-6-4-5-10(12)2)13-8-7-11(16)9-14(13)17/h7-10,12,15,18H,3-6H2,1-2H3. The monoisotopic (exact) mass is 285 g/mol. The first-order chi connectivity index (χ1) is 8.63. The molecule has 0 amide bonds. The van der Waals surface area contributed by atoms with Gasteiger partial charge in [0.05, 0.1) is 0 Å². The van der Waals surface area contributed by atoms with Gasteiger partial charge in [-0.25, -0.2) is 0 Å². The summed E-state index contributed by atoms with van der Waals surface area (Å²) in [4.78, 5) is 0. The van der Waals surface area contributed by atoms with Crippen molar-refractivity contribution in [1.29, 1.82) is 0 Å². The van der Waals surface area contributed by atoms with Crippen LogP contribution in [0.2, 0.25) is 10.0 Å². The Labute approximate surface area is 120 Å². The lowest BCUT2D eigenvalue weighted by atomic mass is 9.86. The summed E-state index contributed by atoms with van der Waals surface area (Å²) in [6.07, 6.45) is 3.95. The van der Waals surface area contributed by atoms with Crippen LogP contribution in [0.4, 0.5) is 0 Å². The Morgan fingerprint density at radius 1 is 1.33 bits per heavy atom. The highest BCUT2D eigenvalue weighted by Crippen LogP contribution is 2.42. The maximum Gasteiger partial charge on any atom is 0.0468 e. The maximum atomic E-state index is 6.36. The molecule has 2 rings (SSSR count). The summed E-state index contributed by atoms with van der Waals surface area (Å²) >= 11 is 12.3. The lowest BCUT2D eigenvalue weighted by molar-refractivity contribution is 0.306. The predicted molar refractivity (Wildman–Crippen MR) is 79.4 cm³/mol. The molecule has 1 aromatic rings. The number of rotatable bonds is 4. The van der Waals surface area contributed by atoms with Crippen LogP contribution in [0.25, 0.3) is 0 Å². The summed E-state index contributed by atoms with van der Waals surface area (Å²) in [6.45, 7) is 5.47. The van der Waals surface area contributed by atoms with E-state index in [1.165, 1.54) is 24.8 Å². The molecule has 0 aliphatic heterocycles. The highest BCUT2D eigenvalue weighted by atomic mass is 35.5. The van der Waals surface area contributed by atoms with Crippen LogP contribution in [0.1, 0.15) is 44.7 Å². The molecule has 0 bridgehead atoms. The first kappa shape index (κ1) is 14.2. The fraction of sp³-hybridized carbons (Fsp3) is 0.600. The fourth-order valence-corrected chi connectivity index (χ4v) is 3.66. The lowest BCUT2D eigenvalue weighted by Gasteiger charge is -2.29. The summed E-state index contributed by atoms with van der Waals surface area (Å²) in [5.41, 5.74) is 1.20. The molecule has 18 heavy (non-hydrogen) atoms. The largest absolute Gasteiger partial charge is 0.310 e. The molecule has 0 aromatic heterocycles. The summed E-state index contributed by atoms with van der Waals surface area (Å²) in [6, 6.07) is 6.22. The van der Waals surface area contributed by atoms with Gasteiger partial charge < -0.3 is 5.32 Å². The summed E-state index contributed by atoms with van der Waals surface area (Å²) in [7, 11) is 0. The van der Waals surface area contributed by atoms with E-state index in [9.17, 15) is 0 Å². The molecule has 1 aliphatic carbocycles. The zero-order valence-electron chi connectivity index (χ0n) is 11.0. The minimum absolute atomic E-state index is 0.359. The minimum Gasteiger partial charge on any atom is -0.310 e. The molecule has 0 heterocycles. The van der Waals surface area contributed by atoms with E-state index in [-0.39, 0.29) is 0 Å². The average Bonchev–Trinajstić information content (AvgIpc) is 2.73. The number of hydrogen-bond donors (Lipinski definition) is 1. The van der Waals surface area contributed by atoms with Crippen LogP contribution >= 0.6 is 23.2 Å². The molecule has 100 valence electrons. The van der Waals surface area contributed by atoms with Gasteiger partial charge in [-0.3, -0.25) is 0 Å². The van der Waals surface area contributed by atoms with E-state index < -0.39 is 0 Å². The van der Waals surface area contributed by atoms with E-state index in [0.29, 0.717) is 17.0 Å². The van der Waals surface area contributed by atoms with E-state index in [4.69, 9.17) is 23.2 Å². The molecular formula is C15H21Cl2N. The molecule has 1 aromatic carbocycles. The van der Waals surface area contributed by atoms with Crippen molar-refractivity contribution in [2.45, 2.75) is 39.2 Å². The molecule has 1 fully saturated rings. The Kier molecular flexibility index (Phi) is 4.94. The third-order valence-electron chi connectivity index (χ3n) is 4.08. The van der Waals surface area contributed by atoms with Gasteiger partial charge in [0.15, 0.2) is 0 Å². The Hall–Kier alpha value is -0.240. The van der Waals surface area contributed by atoms with Gasteiger partial charge in [0, 0.05) is 16.1 Å². The Bertz CT molecular complexity index is 405. The summed E-state index contributed by atoms with van der Waals surface area (Å²) in [5, 5.41) is 5.10. The van der Waals surface area contributed by atoms with Gasteiger partial charge in [-0.05, 0) is 42.5 Å². The number of hydrogen-bond acceptors (Lipinski definition) is 1. The average molecular weight is 286 g/mol. The molecule has 0 spiro atoms. The summed E-state index contributed by atoms with van der Waals surface area (Å²) in [5.74, 6) is 1.45. The lowest BCUT2D eigenvalue weighted by Crippen LogP contribution is -2.29. The van der Waals surface area contributed by atoms with Crippen molar-refractivity contribution in [3.05, 3.63) is 33.8 Å². The first-order valence-electron chi connectivity index (χ1n) is 6.81. The predicted octanol–water partition coefficient (Wildman–Crippen LogP) is 5.08. The van der Waals surface area contributed by atoms with Crippen LogP contribution in [-0.4, -0.2) is 6.54 Å². The molecular weight excluding hydrogens is 265 g/mol. The van der Waals surface area contributed by atoms with E-state index in [1.54, 1.807) is 0 Å². The van der Waals surface area contributed by atoms with Crippen molar-refractivity contribution in [2.24, 2.45) is 11.8 Å². The molecule has 3 heteroatoms. The molecule has 3 unspecified atom stereocenters. The normalized spacial score (nSPS) is 25.3. The van der Waals surface area contributed by atoms with E-state index in [0.717, 1.165) is 17.5 Å².